The number of aromatic carboxylic acids is 1. The third-order valence-electron chi connectivity index (χ3n) is 4.42. The van der Waals surface area contributed by atoms with E-state index in [-0.39, 0.29) is 23.5 Å². The van der Waals surface area contributed by atoms with Crippen molar-refractivity contribution in [3.05, 3.63) is 60.2 Å². The summed E-state index contributed by atoms with van der Waals surface area (Å²) < 4.78 is 5.53. The van der Waals surface area contributed by atoms with Gasteiger partial charge in [-0.25, -0.2) is 4.79 Å². The third-order valence-corrected chi connectivity index (χ3v) is 4.42. The van der Waals surface area contributed by atoms with Gasteiger partial charge >= 0.3 is 5.97 Å². The van der Waals surface area contributed by atoms with Crippen LogP contribution in [-0.2, 0) is 4.74 Å². The van der Waals surface area contributed by atoms with Crippen LogP contribution in [0, 0.1) is 5.92 Å². The van der Waals surface area contributed by atoms with Gasteiger partial charge in [-0.3, -0.25) is 4.79 Å². The average Bonchev–Trinajstić information content (AvgIpc) is 3.06. The molecule has 1 fully saturated rings. The van der Waals surface area contributed by atoms with E-state index in [2.05, 4.69) is 11.9 Å². The molecule has 24 heavy (non-hydrogen) atoms. The first-order chi connectivity index (χ1) is 11.6. The van der Waals surface area contributed by atoms with Gasteiger partial charge in [0, 0.05) is 24.6 Å². The van der Waals surface area contributed by atoms with Crippen molar-refractivity contribution in [2.45, 2.75) is 12.5 Å². The number of carboxylic acid groups (broad SMARTS) is 1. The molecule has 3 rings (SSSR count). The number of carbonyl (C=O) groups excluding carboxylic acids is 1. The molecule has 2 aromatic carbocycles. The van der Waals surface area contributed by atoms with Crippen LogP contribution < -0.4 is 5.32 Å². The van der Waals surface area contributed by atoms with Gasteiger partial charge in [0.05, 0.1) is 11.7 Å². The number of nitrogens with one attached hydrogen (secondary N) is 1. The zero-order chi connectivity index (χ0) is 17.1. The largest absolute Gasteiger partial charge is 0.478 e. The van der Waals surface area contributed by atoms with Crippen molar-refractivity contribution in [3.63, 3.8) is 0 Å². The van der Waals surface area contributed by atoms with Gasteiger partial charge < -0.3 is 15.2 Å². The van der Waals surface area contributed by atoms with Crippen molar-refractivity contribution >= 4 is 22.6 Å². The molecule has 1 aliphatic heterocycles. The molecule has 1 aliphatic rings. The molecule has 0 unspecified atom stereocenters. The molecule has 0 aromatic heterocycles. The summed E-state index contributed by atoms with van der Waals surface area (Å²) in [7, 11) is 0. The van der Waals surface area contributed by atoms with Crippen LogP contribution in [0.5, 0.6) is 0 Å². The molecule has 5 nitrogen and oxygen atoms in total. The van der Waals surface area contributed by atoms with Crippen LogP contribution in [0.3, 0.4) is 0 Å². The SMILES string of the molecule is C=C[C@@H]1OCC[C@H]1CNC(=O)c1cccc2c(C(=O)O)cccc12. The van der Waals surface area contributed by atoms with E-state index < -0.39 is 5.97 Å². The van der Waals surface area contributed by atoms with Crippen LogP contribution in [0.15, 0.2) is 49.1 Å². The Labute approximate surface area is 139 Å². The van der Waals surface area contributed by atoms with Crippen molar-refractivity contribution in [1.82, 2.24) is 5.32 Å². The number of benzene rings is 2. The molecule has 2 N–H and O–H groups in total. The summed E-state index contributed by atoms with van der Waals surface area (Å²) >= 11 is 0. The van der Waals surface area contributed by atoms with Crippen molar-refractivity contribution in [1.29, 1.82) is 0 Å². The molecular weight excluding hydrogens is 306 g/mol. The highest BCUT2D eigenvalue weighted by molar-refractivity contribution is 6.12. The first-order valence-electron chi connectivity index (χ1n) is 7.89. The highest BCUT2D eigenvalue weighted by Crippen LogP contribution is 2.24. The van der Waals surface area contributed by atoms with Crippen molar-refractivity contribution in [2.75, 3.05) is 13.2 Å². The molecule has 124 valence electrons. The van der Waals surface area contributed by atoms with E-state index in [4.69, 9.17) is 4.74 Å². The quantitative estimate of drug-likeness (QED) is 0.829. The van der Waals surface area contributed by atoms with Crippen LogP contribution in [-0.4, -0.2) is 36.2 Å². The Balaban J connectivity index is 1.84. The summed E-state index contributed by atoms with van der Waals surface area (Å²) in [5.41, 5.74) is 0.669. The Kier molecular flexibility index (Phi) is 4.62. The second-order valence-electron chi connectivity index (χ2n) is 5.84. The third kappa shape index (κ3) is 3.03. The van der Waals surface area contributed by atoms with E-state index in [0.717, 1.165) is 6.42 Å². The standard InChI is InChI=1S/C19H19NO4/c1-2-17-12(9-10-24-17)11-20-18(21)15-7-3-6-14-13(15)5-4-8-16(14)19(22)23/h2-8,12,17H,1,9-11H2,(H,20,21)(H,22,23)/t12-,17-/m0/s1. The van der Waals surface area contributed by atoms with E-state index in [0.29, 0.717) is 29.5 Å². The molecule has 0 spiro atoms. The lowest BCUT2D eigenvalue weighted by molar-refractivity contribution is 0.0698. The smallest absolute Gasteiger partial charge is 0.336 e. The number of ether oxygens (including phenoxy) is 1. The number of carbonyl (C=O) groups is 2. The van der Waals surface area contributed by atoms with Gasteiger partial charge in [0.1, 0.15) is 0 Å². The number of rotatable bonds is 5. The maximum absolute atomic E-state index is 12.6. The minimum Gasteiger partial charge on any atom is -0.478 e. The minimum absolute atomic E-state index is 0.0311. The topological polar surface area (TPSA) is 75.6 Å². The number of amides is 1. The zero-order valence-electron chi connectivity index (χ0n) is 13.2. The summed E-state index contributed by atoms with van der Waals surface area (Å²) in [6, 6.07) is 10.1. The van der Waals surface area contributed by atoms with Gasteiger partial charge in [0.15, 0.2) is 0 Å². The van der Waals surface area contributed by atoms with Gasteiger partial charge in [-0.15, -0.1) is 6.58 Å². The van der Waals surface area contributed by atoms with Crippen LogP contribution >= 0.6 is 0 Å². The Hall–Kier alpha value is -2.66. The number of carboxylic acids is 1. The summed E-state index contributed by atoms with van der Waals surface area (Å²) in [6.45, 7) is 4.93. The summed E-state index contributed by atoms with van der Waals surface area (Å²) in [4.78, 5) is 23.9. The van der Waals surface area contributed by atoms with Crippen LogP contribution in [0.4, 0.5) is 0 Å². The Bertz CT molecular complexity index is 799. The Morgan fingerprint density at radius 2 is 1.88 bits per heavy atom. The van der Waals surface area contributed by atoms with E-state index >= 15 is 0 Å². The monoisotopic (exact) mass is 325 g/mol. The molecule has 0 saturated carbocycles. The first-order valence-corrected chi connectivity index (χ1v) is 7.89. The highest BCUT2D eigenvalue weighted by atomic mass is 16.5. The van der Waals surface area contributed by atoms with Crippen molar-refractivity contribution in [3.8, 4) is 0 Å². The van der Waals surface area contributed by atoms with Crippen molar-refractivity contribution < 1.29 is 19.4 Å². The van der Waals surface area contributed by atoms with Crippen LogP contribution in [0.2, 0.25) is 0 Å². The summed E-state index contributed by atoms with van der Waals surface area (Å²) in [6.07, 6.45) is 2.62. The van der Waals surface area contributed by atoms with Gasteiger partial charge in [-0.1, -0.05) is 30.3 Å². The molecular formula is C19H19NO4. The van der Waals surface area contributed by atoms with Crippen LogP contribution in [0.1, 0.15) is 27.1 Å². The number of hydrogen-bond donors (Lipinski definition) is 2. The number of fused-ring (bicyclic) bond motifs is 1. The molecule has 0 bridgehead atoms. The lowest BCUT2D eigenvalue weighted by Gasteiger charge is -2.16. The fourth-order valence-corrected chi connectivity index (χ4v) is 3.15. The maximum atomic E-state index is 12.6. The van der Waals surface area contributed by atoms with E-state index in [1.807, 2.05) is 0 Å². The molecule has 1 amide bonds. The molecule has 1 saturated heterocycles. The Morgan fingerprint density at radius 1 is 1.21 bits per heavy atom. The van der Waals surface area contributed by atoms with Gasteiger partial charge in [-0.05, 0) is 29.3 Å². The lowest BCUT2D eigenvalue weighted by Crippen LogP contribution is -2.32. The fourth-order valence-electron chi connectivity index (χ4n) is 3.15. The molecule has 1 heterocycles. The Morgan fingerprint density at radius 3 is 2.54 bits per heavy atom. The first kappa shape index (κ1) is 16.2. The average molecular weight is 325 g/mol. The van der Waals surface area contributed by atoms with E-state index in [1.165, 1.54) is 6.07 Å². The zero-order valence-corrected chi connectivity index (χ0v) is 13.2. The predicted octanol–water partition coefficient (Wildman–Crippen LogP) is 2.86. The van der Waals surface area contributed by atoms with E-state index in [9.17, 15) is 14.7 Å². The highest BCUT2D eigenvalue weighted by Gasteiger charge is 2.26. The van der Waals surface area contributed by atoms with Crippen LogP contribution in [0.25, 0.3) is 10.8 Å². The lowest BCUT2D eigenvalue weighted by atomic mass is 9.98. The number of hydrogen-bond acceptors (Lipinski definition) is 3. The van der Waals surface area contributed by atoms with E-state index in [1.54, 1.807) is 36.4 Å². The molecule has 2 atom stereocenters. The van der Waals surface area contributed by atoms with Gasteiger partial charge in [0.2, 0.25) is 0 Å². The predicted molar refractivity (Wildman–Crippen MR) is 91.3 cm³/mol. The summed E-state index contributed by atoms with van der Waals surface area (Å²) in [5, 5.41) is 13.4. The normalized spacial score (nSPS) is 20.0. The van der Waals surface area contributed by atoms with Crippen molar-refractivity contribution in [2.24, 2.45) is 5.92 Å². The van der Waals surface area contributed by atoms with Gasteiger partial charge in [-0.2, -0.15) is 0 Å². The molecule has 5 heteroatoms. The second kappa shape index (κ2) is 6.84. The fraction of sp³-hybridized carbons (Fsp3) is 0.263. The van der Waals surface area contributed by atoms with Gasteiger partial charge in [0.25, 0.3) is 5.91 Å². The molecule has 2 aromatic rings. The second-order valence-corrected chi connectivity index (χ2v) is 5.84. The summed E-state index contributed by atoms with van der Waals surface area (Å²) in [5.74, 6) is -0.996. The molecule has 0 radical (unpaired) electrons. The molecule has 0 aliphatic carbocycles. The maximum Gasteiger partial charge on any atom is 0.336 e. The minimum atomic E-state index is -1.00.